The van der Waals surface area contributed by atoms with E-state index in [1.807, 2.05) is 6.92 Å². The Morgan fingerprint density at radius 2 is 1.84 bits per heavy atom. The lowest BCUT2D eigenvalue weighted by Crippen LogP contribution is -2.43. The third kappa shape index (κ3) is 5.85. The van der Waals surface area contributed by atoms with Gasteiger partial charge < -0.3 is 19.9 Å². The lowest BCUT2D eigenvalue weighted by molar-refractivity contribution is -0.147. The molecule has 32 heavy (non-hydrogen) atoms. The predicted octanol–water partition coefficient (Wildman–Crippen LogP) is 1.97. The minimum absolute atomic E-state index is 0.169. The number of likely N-dealkylation sites (N-methyl/N-ethyl adjacent to an activating group) is 1. The van der Waals surface area contributed by atoms with Crippen molar-refractivity contribution in [1.82, 2.24) is 13.9 Å². The van der Waals surface area contributed by atoms with Crippen LogP contribution >= 0.6 is 11.6 Å². The molecule has 1 unspecified atom stereocenters. The fraction of sp³-hybridized carbons (Fsp3) is 0.450. The summed E-state index contributed by atoms with van der Waals surface area (Å²) in [4.78, 5) is 26.4. The van der Waals surface area contributed by atoms with Crippen LogP contribution in [-0.2, 0) is 39.2 Å². The van der Waals surface area contributed by atoms with Crippen molar-refractivity contribution in [2.75, 3.05) is 7.05 Å². The number of benzene rings is 1. The van der Waals surface area contributed by atoms with Crippen molar-refractivity contribution in [3.63, 3.8) is 0 Å². The average molecular weight is 488 g/mol. The van der Waals surface area contributed by atoms with Gasteiger partial charge in [-0.05, 0) is 24.1 Å². The SMILES string of the molecule is CCCCc1nc(Cl)c(CO)n1Cc1ccc(S(=O)(=O)N(C)C(CC(=O)O)C(=O)O)cc1. The smallest absolute Gasteiger partial charge is 0.322 e. The van der Waals surface area contributed by atoms with Gasteiger partial charge >= 0.3 is 11.9 Å². The Kier molecular flexibility index (Phi) is 8.79. The molecular formula is C20H26ClN3O7S. The highest BCUT2D eigenvalue weighted by Crippen LogP contribution is 2.23. The molecule has 1 heterocycles. The minimum atomic E-state index is -4.24. The summed E-state index contributed by atoms with van der Waals surface area (Å²) in [5, 5.41) is 28.0. The molecule has 12 heteroatoms. The quantitative estimate of drug-likeness (QED) is 0.411. The molecule has 0 bridgehead atoms. The third-order valence-electron chi connectivity index (χ3n) is 5.04. The summed E-state index contributed by atoms with van der Waals surface area (Å²) in [7, 11) is -3.20. The molecule has 0 aliphatic heterocycles. The fourth-order valence-electron chi connectivity index (χ4n) is 3.19. The minimum Gasteiger partial charge on any atom is -0.481 e. The van der Waals surface area contributed by atoms with Crippen molar-refractivity contribution in [3.05, 3.63) is 46.5 Å². The summed E-state index contributed by atoms with van der Waals surface area (Å²) < 4.78 is 28.0. The van der Waals surface area contributed by atoms with Gasteiger partial charge in [-0.1, -0.05) is 37.1 Å². The van der Waals surface area contributed by atoms with Crippen LogP contribution in [0.2, 0.25) is 5.15 Å². The number of aryl methyl sites for hydroxylation is 1. The summed E-state index contributed by atoms with van der Waals surface area (Å²) in [6.45, 7) is 2.06. The Hall–Kier alpha value is -2.47. The van der Waals surface area contributed by atoms with E-state index < -0.39 is 34.4 Å². The Labute approximate surface area is 191 Å². The number of hydrogen-bond donors (Lipinski definition) is 3. The van der Waals surface area contributed by atoms with E-state index in [9.17, 15) is 28.2 Å². The van der Waals surface area contributed by atoms with Crippen LogP contribution < -0.4 is 0 Å². The molecular weight excluding hydrogens is 462 g/mol. The fourth-order valence-corrected chi connectivity index (χ4v) is 4.76. The number of carbonyl (C=O) groups is 2. The topological polar surface area (TPSA) is 150 Å². The Morgan fingerprint density at radius 3 is 2.34 bits per heavy atom. The van der Waals surface area contributed by atoms with E-state index in [4.69, 9.17) is 16.7 Å². The van der Waals surface area contributed by atoms with Crippen LogP contribution in [0, 0.1) is 0 Å². The van der Waals surface area contributed by atoms with Crippen LogP contribution in [0.5, 0.6) is 0 Å². The maximum atomic E-state index is 12.8. The molecule has 0 spiro atoms. The van der Waals surface area contributed by atoms with E-state index in [1.54, 1.807) is 16.7 Å². The number of carboxylic acid groups (broad SMARTS) is 2. The van der Waals surface area contributed by atoms with Gasteiger partial charge in [0.15, 0.2) is 5.15 Å². The number of carboxylic acids is 2. The van der Waals surface area contributed by atoms with E-state index >= 15 is 0 Å². The van der Waals surface area contributed by atoms with Gasteiger partial charge in [-0.3, -0.25) is 9.59 Å². The van der Waals surface area contributed by atoms with Crippen molar-refractivity contribution in [3.8, 4) is 0 Å². The lowest BCUT2D eigenvalue weighted by atomic mass is 10.2. The Balaban J connectivity index is 2.30. The van der Waals surface area contributed by atoms with Crippen molar-refractivity contribution >= 4 is 33.6 Å². The molecule has 1 atom stereocenters. The highest BCUT2D eigenvalue weighted by molar-refractivity contribution is 7.89. The average Bonchev–Trinajstić information content (AvgIpc) is 3.03. The van der Waals surface area contributed by atoms with Crippen LogP contribution in [-0.4, -0.2) is 62.6 Å². The number of aliphatic hydroxyl groups is 1. The second kappa shape index (κ2) is 10.9. The highest BCUT2D eigenvalue weighted by Gasteiger charge is 2.34. The zero-order chi connectivity index (χ0) is 24.1. The Bertz CT molecular complexity index is 1070. The van der Waals surface area contributed by atoms with E-state index in [0.717, 1.165) is 25.7 Å². The zero-order valence-corrected chi connectivity index (χ0v) is 19.3. The van der Waals surface area contributed by atoms with Gasteiger partial charge in [-0.25, -0.2) is 13.4 Å². The Morgan fingerprint density at radius 1 is 1.22 bits per heavy atom. The van der Waals surface area contributed by atoms with Crippen molar-refractivity contribution in [1.29, 1.82) is 0 Å². The number of hydrogen-bond acceptors (Lipinski definition) is 6. The molecule has 176 valence electrons. The van der Waals surface area contributed by atoms with Crippen LogP contribution in [0.25, 0.3) is 0 Å². The zero-order valence-electron chi connectivity index (χ0n) is 17.7. The molecule has 0 saturated heterocycles. The second-order valence-corrected chi connectivity index (χ2v) is 9.59. The number of sulfonamides is 1. The lowest BCUT2D eigenvalue weighted by Gasteiger charge is -2.23. The van der Waals surface area contributed by atoms with E-state index in [1.165, 1.54) is 12.1 Å². The van der Waals surface area contributed by atoms with Gasteiger partial charge in [0.1, 0.15) is 11.9 Å². The molecule has 0 aliphatic carbocycles. The first-order valence-corrected chi connectivity index (χ1v) is 11.7. The number of nitrogens with zero attached hydrogens (tertiary/aromatic N) is 3. The molecule has 0 saturated carbocycles. The van der Waals surface area contributed by atoms with Crippen molar-refractivity contribution in [2.45, 2.75) is 56.7 Å². The van der Waals surface area contributed by atoms with Gasteiger partial charge in [-0.2, -0.15) is 4.31 Å². The first kappa shape index (κ1) is 25.8. The van der Waals surface area contributed by atoms with Crippen molar-refractivity contribution in [2.24, 2.45) is 0 Å². The summed E-state index contributed by atoms with van der Waals surface area (Å²) in [6.07, 6.45) is 1.66. The number of rotatable bonds is 12. The summed E-state index contributed by atoms with van der Waals surface area (Å²) in [5.74, 6) is -2.26. The van der Waals surface area contributed by atoms with Crippen LogP contribution in [0.15, 0.2) is 29.2 Å². The molecule has 1 aromatic heterocycles. The summed E-state index contributed by atoms with van der Waals surface area (Å²) in [6, 6.07) is 4.03. The molecule has 1 aromatic carbocycles. The third-order valence-corrected chi connectivity index (χ3v) is 7.22. The monoisotopic (exact) mass is 487 g/mol. The van der Waals surface area contributed by atoms with Crippen LogP contribution in [0.3, 0.4) is 0 Å². The molecule has 10 nitrogen and oxygen atoms in total. The number of aromatic nitrogens is 2. The normalized spacial score (nSPS) is 12.8. The van der Waals surface area contributed by atoms with Crippen molar-refractivity contribution < 1.29 is 33.3 Å². The molecule has 0 fully saturated rings. The van der Waals surface area contributed by atoms with E-state index in [-0.39, 0.29) is 16.7 Å². The van der Waals surface area contributed by atoms with Crippen LogP contribution in [0.4, 0.5) is 0 Å². The highest BCUT2D eigenvalue weighted by atomic mass is 35.5. The molecule has 3 N–H and O–H groups in total. The van der Waals surface area contributed by atoms with Gasteiger partial charge in [-0.15, -0.1) is 0 Å². The van der Waals surface area contributed by atoms with Crippen LogP contribution in [0.1, 0.15) is 43.3 Å². The predicted molar refractivity (Wildman–Crippen MR) is 116 cm³/mol. The second-order valence-electron chi connectivity index (χ2n) is 7.23. The first-order valence-electron chi connectivity index (χ1n) is 9.89. The number of halogens is 1. The summed E-state index contributed by atoms with van der Waals surface area (Å²) in [5.41, 5.74) is 1.18. The van der Waals surface area contributed by atoms with Gasteiger partial charge in [0.25, 0.3) is 0 Å². The maximum absolute atomic E-state index is 12.8. The van der Waals surface area contributed by atoms with Gasteiger partial charge in [0.05, 0.1) is 23.6 Å². The summed E-state index contributed by atoms with van der Waals surface area (Å²) >= 11 is 6.14. The number of aliphatic hydroxyl groups excluding tert-OH is 1. The standard InChI is InChI=1S/C20H26ClN3O7S/c1-3-4-5-17-22-19(21)16(12-25)24(17)11-13-6-8-14(9-7-13)32(30,31)23(2)15(20(28)29)10-18(26)27/h6-9,15,25H,3-5,10-12H2,1-2H3,(H,26,27)(H,28,29). The molecule has 2 aromatic rings. The number of aliphatic carboxylic acids is 2. The first-order chi connectivity index (χ1) is 15.0. The van der Waals surface area contributed by atoms with Gasteiger partial charge in [0, 0.05) is 20.0 Å². The molecule has 0 radical (unpaired) electrons. The maximum Gasteiger partial charge on any atom is 0.322 e. The molecule has 0 amide bonds. The molecule has 0 aliphatic rings. The largest absolute Gasteiger partial charge is 0.481 e. The number of imidazole rings is 1. The van der Waals surface area contributed by atoms with E-state index in [2.05, 4.69) is 4.98 Å². The number of unbranched alkanes of at least 4 members (excludes halogenated alkanes) is 1. The molecule has 2 rings (SSSR count). The van der Waals surface area contributed by atoms with Gasteiger partial charge in [0.2, 0.25) is 10.0 Å². The van der Waals surface area contributed by atoms with E-state index in [0.29, 0.717) is 28.5 Å².